The Morgan fingerprint density at radius 1 is 1.20 bits per heavy atom. The minimum absolute atomic E-state index is 0.229. The summed E-state index contributed by atoms with van der Waals surface area (Å²) in [5, 5.41) is 22.1. The molecule has 0 aliphatic carbocycles. The zero-order valence-electron chi connectivity index (χ0n) is 9.27. The monoisotopic (exact) mass is 211 g/mol. The van der Waals surface area contributed by atoms with Crippen LogP contribution in [-0.4, -0.2) is 26.8 Å². The van der Waals surface area contributed by atoms with Gasteiger partial charge < -0.3 is 10.5 Å². The Morgan fingerprint density at radius 3 is 2.47 bits per heavy atom. The summed E-state index contributed by atoms with van der Waals surface area (Å²) < 4.78 is 4.72. The van der Waals surface area contributed by atoms with Crippen molar-refractivity contribution in [1.29, 1.82) is 0 Å². The lowest BCUT2D eigenvalue weighted by atomic mass is 9.82. The van der Waals surface area contributed by atoms with Gasteiger partial charge in [-0.1, -0.05) is 5.16 Å². The van der Waals surface area contributed by atoms with Gasteiger partial charge in [0.15, 0.2) is 17.1 Å². The van der Waals surface area contributed by atoms with E-state index in [-0.39, 0.29) is 11.1 Å². The summed E-state index contributed by atoms with van der Waals surface area (Å²) in [5.41, 5.74) is 1.19. The lowest BCUT2D eigenvalue weighted by molar-refractivity contribution is -0.774. The molecular formula is C9H15N4O2+. The summed E-state index contributed by atoms with van der Waals surface area (Å²) in [6.07, 6.45) is 0. The molecule has 0 aromatic carbocycles. The predicted octanol–water partition coefficient (Wildman–Crippen LogP) is -0.161. The summed E-state index contributed by atoms with van der Waals surface area (Å²) in [5.74, 6) is 0. The molecule has 2 rings (SSSR count). The van der Waals surface area contributed by atoms with E-state index in [1.54, 1.807) is 0 Å². The van der Waals surface area contributed by atoms with Crippen LogP contribution in [0.4, 0.5) is 0 Å². The molecular weight excluding hydrogens is 196 g/mol. The number of hydrogen-bond acceptors (Lipinski definition) is 5. The number of rotatable bonds is 0. The fourth-order valence-electron chi connectivity index (χ4n) is 2.29. The minimum atomic E-state index is -0.343. The van der Waals surface area contributed by atoms with E-state index in [0.29, 0.717) is 11.4 Å². The zero-order chi connectivity index (χ0) is 11.3. The Kier molecular flexibility index (Phi) is 1.88. The van der Waals surface area contributed by atoms with Gasteiger partial charge in [0.05, 0.1) is 0 Å². The normalized spacial score (nSPS) is 25.2. The fourth-order valence-corrected chi connectivity index (χ4v) is 2.29. The third kappa shape index (κ3) is 1.32. The summed E-state index contributed by atoms with van der Waals surface area (Å²) >= 11 is 0. The molecule has 0 saturated heterocycles. The first-order valence-corrected chi connectivity index (χ1v) is 4.81. The van der Waals surface area contributed by atoms with Gasteiger partial charge in [-0.25, -0.2) is 4.63 Å². The van der Waals surface area contributed by atoms with E-state index >= 15 is 0 Å². The highest BCUT2D eigenvalue weighted by atomic mass is 16.6. The van der Waals surface area contributed by atoms with E-state index < -0.39 is 0 Å². The van der Waals surface area contributed by atoms with E-state index in [0.717, 1.165) is 5.69 Å². The topological polar surface area (TPSA) is 88.1 Å². The number of quaternary nitrogens is 1. The summed E-state index contributed by atoms with van der Waals surface area (Å²) in [4.78, 5) is 0. The van der Waals surface area contributed by atoms with Crippen molar-refractivity contribution < 1.29 is 15.2 Å². The largest absolute Gasteiger partial charge is 0.410 e. The van der Waals surface area contributed by atoms with Crippen molar-refractivity contribution in [2.75, 3.05) is 0 Å². The molecule has 1 aromatic heterocycles. The number of nitrogens with two attached hydrogens (primary N) is 1. The van der Waals surface area contributed by atoms with Crippen LogP contribution in [0.15, 0.2) is 9.78 Å². The van der Waals surface area contributed by atoms with Crippen LogP contribution in [0.2, 0.25) is 0 Å². The quantitative estimate of drug-likeness (QED) is 0.461. The van der Waals surface area contributed by atoms with Gasteiger partial charge in [0.1, 0.15) is 11.1 Å². The molecule has 0 bridgehead atoms. The van der Waals surface area contributed by atoms with Crippen molar-refractivity contribution in [2.45, 2.75) is 38.8 Å². The lowest BCUT2D eigenvalue weighted by Crippen LogP contribution is -3.05. The van der Waals surface area contributed by atoms with Crippen LogP contribution in [0.25, 0.3) is 0 Å². The van der Waals surface area contributed by atoms with Crippen LogP contribution in [0, 0.1) is 0 Å². The second-order valence-electron chi connectivity index (χ2n) is 5.00. The molecule has 3 N–H and O–H groups in total. The number of hydrogen-bond donors (Lipinski definition) is 2. The van der Waals surface area contributed by atoms with Gasteiger partial charge in [-0.15, -0.1) is 0 Å². The van der Waals surface area contributed by atoms with Gasteiger partial charge in [-0.05, 0) is 38.0 Å². The van der Waals surface area contributed by atoms with Crippen molar-refractivity contribution in [3.8, 4) is 0 Å². The number of nitrogens with zero attached hydrogens (tertiary/aromatic N) is 3. The zero-order valence-corrected chi connectivity index (χ0v) is 9.27. The van der Waals surface area contributed by atoms with Crippen LogP contribution >= 0.6 is 0 Å². The Hall–Kier alpha value is -1.43. The summed E-state index contributed by atoms with van der Waals surface area (Å²) in [7, 11) is 0. The average Bonchev–Trinajstić information content (AvgIpc) is 2.50. The minimum Gasteiger partial charge on any atom is -0.410 e. The fraction of sp³-hybridized carbons (Fsp3) is 0.667. The number of oxime groups is 1. The molecule has 0 amide bonds. The molecule has 6 heteroatoms. The van der Waals surface area contributed by atoms with Gasteiger partial charge in [0.2, 0.25) is 0 Å². The lowest BCUT2D eigenvalue weighted by Gasteiger charge is -2.36. The molecule has 0 fully saturated rings. The first kappa shape index (κ1) is 10.1. The summed E-state index contributed by atoms with van der Waals surface area (Å²) in [6.45, 7) is 8.01. The Labute approximate surface area is 87.3 Å². The van der Waals surface area contributed by atoms with Crippen molar-refractivity contribution in [3.05, 3.63) is 11.4 Å². The highest BCUT2D eigenvalue weighted by Crippen LogP contribution is 2.25. The first-order chi connectivity index (χ1) is 6.88. The molecule has 2 heterocycles. The maximum Gasteiger partial charge on any atom is 0.174 e. The van der Waals surface area contributed by atoms with E-state index in [4.69, 9.17) is 9.84 Å². The van der Waals surface area contributed by atoms with E-state index in [1.807, 2.05) is 27.7 Å². The maximum atomic E-state index is 9.02. The van der Waals surface area contributed by atoms with Crippen LogP contribution in [0.3, 0.4) is 0 Å². The van der Waals surface area contributed by atoms with Gasteiger partial charge in [0, 0.05) is 0 Å². The molecule has 0 spiro atoms. The van der Waals surface area contributed by atoms with E-state index in [1.165, 1.54) is 0 Å². The van der Waals surface area contributed by atoms with Crippen molar-refractivity contribution in [1.82, 2.24) is 10.3 Å². The smallest absolute Gasteiger partial charge is 0.174 e. The van der Waals surface area contributed by atoms with Crippen LogP contribution in [0.1, 0.15) is 39.1 Å². The molecule has 6 nitrogen and oxygen atoms in total. The van der Waals surface area contributed by atoms with Crippen molar-refractivity contribution >= 4 is 5.71 Å². The molecule has 1 aliphatic rings. The van der Waals surface area contributed by atoms with Gasteiger partial charge >= 0.3 is 0 Å². The van der Waals surface area contributed by atoms with Crippen molar-refractivity contribution in [2.24, 2.45) is 5.16 Å². The molecule has 82 valence electrons. The Morgan fingerprint density at radius 2 is 1.87 bits per heavy atom. The van der Waals surface area contributed by atoms with Crippen molar-refractivity contribution in [3.63, 3.8) is 0 Å². The summed E-state index contributed by atoms with van der Waals surface area (Å²) in [6, 6.07) is 0. The third-order valence-electron chi connectivity index (χ3n) is 2.76. The molecule has 15 heavy (non-hydrogen) atoms. The predicted molar refractivity (Wildman–Crippen MR) is 51.7 cm³/mol. The Bertz CT molecular complexity index is 420. The molecule has 0 saturated carbocycles. The Balaban J connectivity index is 2.66. The van der Waals surface area contributed by atoms with Gasteiger partial charge in [-0.3, -0.25) is 0 Å². The average molecular weight is 211 g/mol. The van der Waals surface area contributed by atoms with Gasteiger partial charge in [0.25, 0.3) is 0 Å². The number of aromatic nitrogens is 2. The molecule has 1 aliphatic heterocycles. The van der Waals surface area contributed by atoms with Crippen LogP contribution in [0.5, 0.6) is 0 Å². The maximum absolute atomic E-state index is 9.02. The second kappa shape index (κ2) is 2.79. The van der Waals surface area contributed by atoms with Crippen LogP contribution in [-0.2, 0) is 5.54 Å². The highest BCUT2D eigenvalue weighted by molar-refractivity contribution is 6.05. The second-order valence-corrected chi connectivity index (χ2v) is 5.00. The highest BCUT2D eigenvalue weighted by Gasteiger charge is 2.49. The SMILES string of the molecule is CC1(C)[NH2+]C(C)(C)c2nonc2/C1=N\O. The molecule has 0 unspecified atom stereocenters. The molecule has 0 atom stereocenters. The first-order valence-electron chi connectivity index (χ1n) is 4.81. The molecule has 1 aromatic rings. The molecule has 0 radical (unpaired) electrons. The standard InChI is InChI=1S/C9H14N4O2/c1-8(2)6(10-14)5-7(12-15-11-5)9(3,4)13-8/h13-14H,1-4H3/p+1/b10-6+. The van der Waals surface area contributed by atoms with Gasteiger partial charge in [-0.2, -0.15) is 0 Å². The van der Waals surface area contributed by atoms with E-state index in [2.05, 4.69) is 20.8 Å². The number of fused-ring (bicyclic) bond motifs is 1. The van der Waals surface area contributed by atoms with E-state index in [9.17, 15) is 0 Å². The third-order valence-corrected chi connectivity index (χ3v) is 2.76. The van der Waals surface area contributed by atoms with Crippen LogP contribution < -0.4 is 5.32 Å².